The van der Waals surface area contributed by atoms with Crippen LogP contribution in [0.4, 0.5) is 5.69 Å². The number of carbonyl (C=O) groups excluding carboxylic acids is 1. The highest BCUT2D eigenvalue weighted by Gasteiger charge is 2.18. The van der Waals surface area contributed by atoms with Crippen molar-refractivity contribution in [2.24, 2.45) is 0 Å². The molecule has 1 amide bonds. The summed E-state index contributed by atoms with van der Waals surface area (Å²) >= 11 is 5.98. The van der Waals surface area contributed by atoms with E-state index in [1.54, 1.807) is 37.3 Å². The van der Waals surface area contributed by atoms with Gasteiger partial charge >= 0.3 is 0 Å². The van der Waals surface area contributed by atoms with E-state index in [1.165, 1.54) is 25.3 Å². The van der Waals surface area contributed by atoms with Crippen molar-refractivity contribution in [2.75, 3.05) is 18.4 Å². The Balaban J connectivity index is 2.22. The quantitative estimate of drug-likeness (QED) is 0.771. The van der Waals surface area contributed by atoms with Gasteiger partial charge in [-0.25, -0.2) is 8.42 Å². The Hall–Kier alpha value is -2.09. The Labute approximate surface area is 152 Å². The Morgan fingerprint density at radius 3 is 2.60 bits per heavy atom. The van der Waals surface area contributed by atoms with E-state index in [1.807, 2.05) is 0 Å². The van der Waals surface area contributed by atoms with Gasteiger partial charge < -0.3 is 10.1 Å². The van der Waals surface area contributed by atoms with Crippen LogP contribution in [0, 0.1) is 0 Å². The molecule has 0 aromatic heterocycles. The van der Waals surface area contributed by atoms with Crippen molar-refractivity contribution in [3.63, 3.8) is 0 Å². The van der Waals surface area contributed by atoms with E-state index in [0.717, 1.165) is 0 Å². The average molecular weight is 383 g/mol. The number of ether oxygens (including phenoxy) is 1. The van der Waals surface area contributed by atoms with Gasteiger partial charge in [0.1, 0.15) is 0 Å². The van der Waals surface area contributed by atoms with Gasteiger partial charge in [0.15, 0.2) is 0 Å². The van der Waals surface area contributed by atoms with Crippen molar-refractivity contribution >= 4 is 33.2 Å². The molecule has 0 fully saturated rings. The largest absolute Gasteiger partial charge is 0.383 e. The van der Waals surface area contributed by atoms with Crippen molar-refractivity contribution in [3.05, 3.63) is 59.1 Å². The van der Waals surface area contributed by atoms with Crippen LogP contribution in [0.1, 0.15) is 17.3 Å². The lowest BCUT2D eigenvalue weighted by Gasteiger charge is -2.14. The number of hydrogen-bond acceptors (Lipinski definition) is 4. The number of rotatable bonds is 7. The smallest absolute Gasteiger partial charge is 0.261 e. The zero-order chi connectivity index (χ0) is 18.4. The highest BCUT2D eigenvalue weighted by atomic mass is 35.5. The number of sulfonamides is 1. The van der Waals surface area contributed by atoms with Crippen LogP contribution in [0.5, 0.6) is 0 Å². The number of nitrogens with one attached hydrogen (secondary N) is 2. The van der Waals surface area contributed by atoms with Gasteiger partial charge in [-0.15, -0.1) is 0 Å². The molecule has 0 aliphatic rings. The fourth-order valence-electron chi connectivity index (χ4n) is 2.15. The summed E-state index contributed by atoms with van der Waals surface area (Å²) in [5, 5.41) is 3.02. The fraction of sp³-hybridized carbons (Fsp3) is 0.235. The van der Waals surface area contributed by atoms with Crippen LogP contribution in [0.3, 0.4) is 0 Å². The minimum Gasteiger partial charge on any atom is -0.383 e. The van der Waals surface area contributed by atoms with Gasteiger partial charge in [-0.3, -0.25) is 9.52 Å². The van der Waals surface area contributed by atoms with Crippen molar-refractivity contribution in [1.29, 1.82) is 0 Å². The second kappa shape index (κ2) is 8.33. The lowest BCUT2D eigenvalue weighted by Crippen LogP contribution is -2.35. The molecule has 0 radical (unpaired) electrons. The van der Waals surface area contributed by atoms with E-state index in [9.17, 15) is 13.2 Å². The monoisotopic (exact) mass is 382 g/mol. The summed E-state index contributed by atoms with van der Waals surface area (Å²) in [6.45, 7) is 2.15. The first-order valence-electron chi connectivity index (χ1n) is 7.50. The van der Waals surface area contributed by atoms with Gasteiger partial charge in [-0.2, -0.15) is 0 Å². The molecule has 8 heteroatoms. The Morgan fingerprint density at radius 2 is 1.92 bits per heavy atom. The summed E-state index contributed by atoms with van der Waals surface area (Å²) in [4.78, 5) is 12.2. The van der Waals surface area contributed by atoms with Gasteiger partial charge in [0.2, 0.25) is 0 Å². The molecule has 2 rings (SSSR count). The topological polar surface area (TPSA) is 84.5 Å². The number of amides is 1. The molecule has 1 atom stereocenters. The van der Waals surface area contributed by atoms with Crippen LogP contribution in [-0.4, -0.2) is 34.1 Å². The summed E-state index contributed by atoms with van der Waals surface area (Å²) in [5.74, 6) is -0.376. The Kier molecular flexibility index (Phi) is 6.41. The molecule has 0 saturated carbocycles. The standard InChI is InChI=1S/C17H19ClN2O4S/c1-12(11-24-2)19-17(21)13-6-5-7-14(10-13)25(22,23)20-16-9-4-3-8-15(16)18/h3-10,12,20H,11H2,1-2H3,(H,19,21). The van der Waals surface area contributed by atoms with Crippen molar-refractivity contribution in [3.8, 4) is 0 Å². The third-order valence-electron chi connectivity index (χ3n) is 3.32. The predicted molar refractivity (Wildman–Crippen MR) is 97.5 cm³/mol. The number of hydrogen-bond donors (Lipinski definition) is 2. The molecule has 2 aromatic rings. The van der Waals surface area contributed by atoms with Crippen LogP contribution in [-0.2, 0) is 14.8 Å². The predicted octanol–water partition coefficient (Wildman–Crippen LogP) is 2.91. The second-order valence-electron chi connectivity index (χ2n) is 5.44. The Morgan fingerprint density at radius 1 is 1.20 bits per heavy atom. The van der Waals surface area contributed by atoms with Crippen LogP contribution >= 0.6 is 11.6 Å². The summed E-state index contributed by atoms with van der Waals surface area (Å²) in [6.07, 6.45) is 0. The number of anilines is 1. The molecule has 0 aliphatic carbocycles. The number of halogens is 1. The molecule has 0 bridgehead atoms. The highest BCUT2D eigenvalue weighted by molar-refractivity contribution is 7.92. The third kappa shape index (κ3) is 5.19. The van der Waals surface area contributed by atoms with Gasteiger partial charge in [0.05, 0.1) is 22.2 Å². The number of benzene rings is 2. The number of methoxy groups -OCH3 is 1. The third-order valence-corrected chi connectivity index (χ3v) is 5.01. The van der Waals surface area contributed by atoms with Crippen molar-refractivity contribution in [1.82, 2.24) is 5.32 Å². The van der Waals surface area contributed by atoms with Crippen LogP contribution in [0.2, 0.25) is 5.02 Å². The van der Waals surface area contributed by atoms with Gasteiger partial charge in [-0.1, -0.05) is 29.8 Å². The molecule has 2 N–H and O–H groups in total. The molecule has 0 spiro atoms. The van der Waals surface area contributed by atoms with Crippen LogP contribution in [0.15, 0.2) is 53.4 Å². The van der Waals surface area contributed by atoms with Crippen LogP contribution < -0.4 is 10.0 Å². The number of para-hydroxylation sites is 1. The van der Waals surface area contributed by atoms with Crippen molar-refractivity contribution < 1.29 is 17.9 Å². The SMILES string of the molecule is COCC(C)NC(=O)c1cccc(S(=O)(=O)Nc2ccccc2Cl)c1. The molecular weight excluding hydrogens is 364 g/mol. The molecule has 0 aliphatic heterocycles. The van der Waals surface area contributed by atoms with Gasteiger partial charge in [0, 0.05) is 18.7 Å². The molecule has 0 heterocycles. The maximum Gasteiger partial charge on any atom is 0.261 e. The summed E-state index contributed by atoms with van der Waals surface area (Å²) < 4.78 is 32.4. The first-order chi connectivity index (χ1) is 11.8. The van der Waals surface area contributed by atoms with E-state index < -0.39 is 10.0 Å². The van der Waals surface area contributed by atoms with E-state index in [2.05, 4.69) is 10.0 Å². The first kappa shape index (κ1) is 19.2. The van der Waals surface area contributed by atoms with Gasteiger partial charge in [0.25, 0.3) is 15.9 Å². The summed E-state index contributed by atoms with van der Waals surface area (Å²) in [7, 11) is -2.33. The molecule has 6 nitrogen and oxygen atoms in total. The lowest BCUT2D eigenvalue weighted by molar-refractivity contribution is 0.0905. The van der Waals surface area contributed by atoms with Gasteiger partial charge in [-0.05, 0) is 37.3 Å². The highest BCUT2D eigenvalue weighted by Crippen LogP contribution is 2.24. The zero-order valence-corrected chi connectivity index (χ0v) is 15.4. The Bertz CT molecular complexity index is 855. The number of carbonyl (C=O) groups is 1. The van der Waals surface area contributed by atoms with E-state index in [4.69, 9.17) is 16.3 Å². The minimum atomic E-state index is -3.87. The summed E-state index contributed by atoms with van der Waals surface area (Å²) in [6, 6.07) is 12.1. The molecule has 0 saturated heterocycles. The summed E-state index contributed by atoms with van der Waals surface area (Å²) in [5.41, 5.74) is 0.512. The normalized spacial score (nSPS) is 12.4. The van der Waals surface area contributed by atoms with E-state index >= 15 is 0 Å². The first-order valence-corrected chi connectivity index (χ1v) is 9.37. The second-order valence-corrected chi connectivity index (χ2v) is 7.53. The zero-order valence-electron chi connectivity index (χ0n) is 13.8. The molecule has 134 valence electrons. The lowest BCUT2D eigenvalue weighted by atomic mass is 10.2. The van der Waals surface area contributed by atoms with Crippen molar-refractivity contribution in [2.45, 2.75) is 17.9 Å². The fourth-order valence-corrected chi connectivity index (χ4v) is 3.52. The molecule has 25 heavy (non-hydrogen) atoms. The maximum absolute atomic E-state index is 12.5. The maximum atomic E-state index is 12.5. The average Bonchev–Trinajstić information content (AvgIpc) is 2.57. The molecule has 2 aromatic carbocycles. The molecular formula is C17H19ClN2O4S. The van der Waals surface area contributed by atoms with E-state index in [-0.39, 0.29) is 33.1 Å². The van der Waals surface area contributed by atoms with Crippen LogP contribution in [0.25, 0.3) is 0 Å². The van der Waals surface area contributed by atoms with E-state index in [0.29, 0.717) is 6.61 Å². The molecule has 1 unspecified atom stereocenters. The minimum absolute atomic E-state index is 0.0283.